The van der Waals surface area contributed by atoms with Crippen molar-refractivity contribution in [3.63, 3.8) is 0 Å². The molecular weight excluding hydrogens is 410 g/mol. The molecule has 0 unspecified atom stereocenters. The van der Waals surface area contributed by atoms with Crippen LogP contribution in [0.25, 0.3) is 10.2 Å². The maximum absolute atomic E-state index is 5.83. The quantitative estimate of drug-likeness (QED) is 0.200. The first kappa shape index (κ1) is 20.7. The third-order valence-corrected chi connectivity index (χ3v) is 5.35. The summed E-state index contributed by atoms with van der Waals surface area (Å²) >= 11 is 1.57. The number of rotatable bonds is 10. The third kappa shape index (κ3) is 5.96. The predicted octanol–water partition coefficient (Wildman–Crippen LogP) is 5.60. The molecule has 0 fully saturated rings. The van der Waals surface area contributed by atoms with E-state index in [1.54, 1.807) is 24.7 Å². The molecule has 1 aromatic heterocycles. The van der Waals surface area contributed by atoms with Crippen molar-refractivity contribution in [2.45, 2.75) is 6.42 Å². The normalized spacial score (nSPS) is 11.0. The minimum Gasteiger partial charge on any atom is -0.497 e. The molecule has 4 aromatic rings. The van der Waals surface area contributed by atoms with Crippen LogP contribution in [0.5, 0.6) is 17.2 Å². The summed E-state index contributed by atoms with van der Waals surface area (Å²) in [5.41, 5.74) is 4.91. The Labute approximate surface area is 185 Å². The van der Waals surface area contributed by atoms with E-state index in [2.05, 4.69) is 15.5 Å². The number of nitrogens with zero attached hydrogens (tertiary/aromatic N) is 2. The van der Waals surface area contributed by atoms with Gasteiger partial charge in [-0.1, -0.05) is 35.6 Å². The van der Waals surface area contributed by atoms with E-state index < -0.39 is 0 Å². The third-order valence-electron chi connectivity index (χ3n) is 4.41. The molecule has 0 amide bonds. The van der Waals surface area contributed by atoms with E-state index in [4.69, 9.17) is 14.2 Å². The van der Waals surface area contributed by atoms with Gasteiger partial charge in [0.25, 0.3) is 0 Å². The molecule has 1 heterocycles. The maximum Gasteiger partial charge on any atom is 0.204 e. The standard InChI is InChI=1S/C24H23N3O3S/c1-28-19-10-12-20(13-11-19)29-14-5-15-30-21-7-4-6-18(16-21)17-25-27-24-26-22-8-2-3-9-23(22)31-24/h2-4,6-13,16-17H,5,14-15H2,1H3,(H,26,27)/b25-17+. The van der Waals surface area contributed by atoms with E-state index >= 15 is 0 Å². The Balaban J connectivity index is 1.21. The zero-order valence-electron chi connectivity index (χ0n) is 17.2. The van der Waals surface area contributed by atoms with Crippen LogP contribution in [-0.2, 0) is 0 Å². The Morgan fingerprint density at radius 3 is 2.48 bits per heavy atom. The highest BCUT2D eigenvalue weighted by Gasteiger charge is 2.01. The highest BCUT2D eigenvalue weighted by molar-refractivity contribution is 7.22. The fraction of sp³-hybridized carbons (Fsp3) is 0.167. The average Bonchev–Trinajstić information content (AvgIpc) is 3.22. The zero-order valence-corrected chi connectivity index (χ0v) is 18.0. The predicted molar refractivity (Wildman–Crippen MR) is 126 cm³/mol. The highest BCUT2D eigenvalue weighted by atomic mass is 32.1. The van der Waals surface area contributed by atoms with Crippen molar-refractivity contribution >= 4 is 32.9 Å². The van der Waals surface area contributed by atoms with Crippen LogP contribution in [0, 0.1) is 0 Å². The lowest BCUT2D eigenvalue weighted by Crippen LogP contribution is -2.05. The summed E-state index contributed by atoms with van der Waals surface area (Å²) in [5.74, 6) is 2.43. The summed E-state index contributed by atoms with van der Waals surface area (Å²) in [6.07, 6.45) is 2.54. The number of hydrogen-bond donors (Lipinski definition) is 1. The first-order valence-electron chi connectivity index (χ1n) is 9.94. The van der Waals surface area contributed by atoms with Crippen molar-refractivity contribution in [1.29, 1.82) is 0 Å². The number of anilines is 1. The van der Waals surface area contributed by atoms with Gasteiger partial charge in [0.2, 0.25) is 5.13 Å². The summed E-state index contributed by atoms with van der Waals surface area (Å²) in [4.78, 5) is 4.50. The molecular formula is C24H23N3O3S. The summed E-state index contributed by atoms with van der Waals surface area (Å²) in [6.45, 7) is 1.15. The molecule has 7 heteroatoms. The average molecular weight is 434 g/mol. The van der Waals surface area contributed by atoms with Gasteiger partial charge in [-0.05, 0) is 54.1 Å². The van der Waals surface area contributed by atoms with Crippen molar-refractivity contribution in [3.8, 4) is 17.2 Å². The van der Waals surface area contributed by atoms with Crippen molar-refractivity contribution < 1.29 is 14.2 Å². The van der Waals surface area contributed by atoms with Gasteiger partial charge in [0.15, 0.2) is 0 Å². The maximum atomic E-state index is 5.83. The molecule has 0 bridgehead atoms. The largest absolute Gasteiger partial charge is 0.497 e. The summed E-state index contributed by atoms with van der Waals surface area (Å²) < 4.78 is 17.8. The molecule has 0 spiro atoms. The van der Waals surface area contributed by atoms with Gasteiger partial charge in [0, 0.05) is 6.42 Å². The van der Waals surface area contributed by atoms with E-state index in [0.29, 0.717) is 13.2 Å². The number of hydrogen-bond acceptors (Lipinski definition) is 7. The highest BCUT2D eigenvalue weighted by Crippen LogP contribution is 2.25. The molecule has 3 aromatic carbocycles. The van der Waals surface area contributed by atoms with Crippen LogP contribution in [0.2, 0.25) is 0 Å². The number of para-hydroxylation sites is 1. The van der Waals surface area contributed by atoms with Crippen molar-refractivity contribution in [3.05, 3.63) is 78.4 Å². The lowest BCUT2D eigenvalue weighted by atomic mass is 10.2. The van der Waals surface area contributed by atoms with Crippen molar-refractivity contribution in [1.82, 2.24) is 4.98 Å². The molecule has 6 nitrogen and oxygen atoms in total. The van der Waals surface area contributed by atoms with E-state index in [0.717, 1.165) is 44.6 Å². The van der Waals surface area contributed by atoms with E-state index in [1.165, 1.54) is 0 Å². The van der Waals surface area contributed by atoms with E-state index in [-0.39, 0.29) is 0 Å². The van der Waals surface area contributed by atoms with Gasteiger partial charge in [-0.3, -0.25) is 5.43 Å². The van der Waals surface area contributed by atoms with Gasteiger partial charge in [-0.15, -0.1) is 0 Å². The second kappa shape index (κ2) is 10.4. The molecule has 1 N–H and O–H groups in total. The molecule has 158 valence electrons. The lowest BCUT2D eigenvalue weighted by Gasteiger charge is -2.09. The molecule has 0 aliphatic carbocycles. The second-order valence-electron chi connectivity index (χ2n) is 6.66. The second-order valence-corrected chi connectivity index (χ2v) is 7.69. The molecule has 0 radical (unpaired) electrons. The summed E-state index contributed by atoms with van der Waals surface area (Å²) in [7, 11) is 1.65. The number of ether oxygens (including phenoxy) is 3. The minimum atomic E-state index is 0.570. The van der Waals surface area contributed by atoms with Crippen LogP contribution in [0.15, 0.2) is 77.9 Å². The Bertz CT molecular complexity index is 1110. The molecule has 0 aliphatic heterocycles. The number of methoxy groups -OCH3 is 1. The van der Waals surface area contributed by atoms with E-state index in [1.807, 2.05) is 72.8 Å². The number of thiazole rings is 1. The van der Waals surface area contributed by atoms with Gasteiger partial charge >= 0.3 is 0 Å². The van der Waals surface area contributed by atoms with Gasteiger partial charge in [0.05, 0.1) is 36.8 Å². The fourth-order valence-corrected chi connectivity index (χ4v) is 3.69. The Morgan fingerprint density at radius 2 is 1.68 bits per heavy atom. The van der Waals surface area contributed by atoms with Gasteiger partial charge in [0.1, 0.15) is 17.2 Å². The number of fused-ring (bicyclic) bond motifs is 1. The lowest BCUT2D eigenvalue weighted by molar-refractivity contribution is 0.247. The van der Waals surface area contributed by atoms with Crippen LogP contribution < -0.4 is 19.6 Å². The van der Waals surface area contributed by atoms with Crippen LogP contribution in [0.1, 0.15) is 12.0 Å². The number of nitrogens with one attached hydrogen (secondary N) is 1. The smallest absolute Gasteiger partial charge is 0.204 e. The van der Waals surface area contributed by atoms with E-state index in [9.17, 15) is 0 Å². The monoisotopic (exact) mass is 433 g/mol. The first-order chi connectivity index (χ1) is 15.3. The van der Waals surface area contributed by atoms with Crippen molar-refractivity contribution in [2.24, 2.45) is 5.10 Å². The molecule has 0 aliphatic rings. The first-order valence-corrected chi connectivity index (χ1v) is 10.8. The molecule has 0 saturated heterocycles. The SMILES string of the molecule is COc1ccc(OCCCOc2cccc(/C=N/Nc3nc4ccccc4s3)c2)cc1. The van der Waals surface area contributed by atoms with Gasteiger partial charge in [-0.25, -0.2) is 4.98 Å². The molecule has 0 saturated carbocycles. The van der Waals surface area contributed by atoms with Crippen LogP contribution in [-0.4, -0.2) is 31.5 Å². The number of hydrazone groups is 1. The summed E-state index contributed by atoms with van der Waals surface area (Å²) in [6, 6.07) is 23.4. The van der Waals surface area contributed by atoms with Crippen molar-refractivity contribution in [2.75, 3.05) is 25.7 Å². The number of aromatic nitrogens is 1. The van der Waals surface area contributed by atoms with Crippen LogP contribution in [0.3, 0.4) is 0 Å². The molecule has 0 atom stereocenters. The van der Waals surface area contributed by atoms with Gasteiger partial charge in [-0.2, -0.15) is 5.10 Å². The zero-order chi connectivity index (χ0) is 21.3. The topological polar surface area (TPSA) is 65.0 Å². The number of benzene rings is 3. The minimum absolute atomic E-state index is 0.570. The Kier molecular flexibility index (Phi) is 6.97. The Hall–Kier alpha value is -3.58. The molecule has 4 rings (SSSR count). The summed E-state index contributed by atoms with van der Waals surface area (Å²) in [5, 5.41) is 5.06. The Morgan fingerprint density at radius 1 is 0.903 bits per heavy atom. The fourth-order valence-electron chi connectivity index (χ4n) is 2.88. The van der Waals surface area contributed by atoms with Gasteiger partial charge < -0.3 is 14.2 Å². The van der Waals surface area contributed by atoms with Crippen LogP contribution >= 0.6 is 11.3 Å². The van der Waals surface area contributed by atoms with Crippen LogP contribution in [0.4, 0.5) is 5.13 Å². The molecule has 31 heavy (non-hydrogen) atoms.